The number of benzene rings is 1. The fourth-order valence-corrected chi connectivity index (χ4v) is 1.68. The molecule has 2 rings (SSSR count). The van der Waals surface area contributed by atoms with Gasteiger partial charge in [-0.05, 0) is 19.1 Å². The Morgan fingerprint density at radius 2 is 1.88 bits per heavy atom. The SMILES string of the molecule is CCN(c1ccccc1)c1cnc(CN)cn1. The van der Waals surface area contributed by atoms with Crippen molar-refractivity contribution < 1.29 is 0 Å². The van der Waals surface area contributed by atoms with Crippen LogP contribution in [0.15, 0.2) is 42.7 Å². The third kappa shape index (κ3) is 2.60. The fourth-order valence-electron chi connectivity index (χ4n) is 1.68. The molecule has 4 heteroatoms. The highest BCUT2D eigenvalue weighted by Gasteiger charge is 2.08. The first kappa shape index (κ1) is 11.5. The van der Waals surface area contributed by atoms with Crippen molar-refractivity contribution in [3.63, 3.8) is 0 Å². The molecule has 0 unspecified atom stereocenters. The fraction of sp³-hybridized carbons (Fsp3) is 0.231. The predicted molar refractivity (Wildman–Crippen MR) is 69.0 cm³/mol. The molecule has 2 N–H and O–H groups in total. The molecule has 0 saturated carbocycles. The van der Waals surface area contributed by atoms with E-state index in [0.29, 0.717) is 6.54 Å². The van der Waals surface area contributed by atoms with Gasteiger partial charge in [0.05, 0.1) is 18.1 Å². The lowest BCUT2D eigenvalue weighted by atomic mass is 10.3. The van der Waals surface area contributed by atoms with Gasteiger partial charge in [0, 0.05) is 18.8 Å². The molecule has 4 nitrogen and oxygen atoms in total. The second-order valence-electron chi connectivity index (χ2n) is 3.65. The van der Waals surface area contributed by atoms with Crippen LogP contribution < -0.4 is 10.6 Å². The van der Waals surface area contributed by atoms with Crippen molar-refractivity contribution in [1.82, 2.24) is 9.97 Å². The molecule has 0 fully saturated rings. The van der Waals surface area contributed by atoms with Gasteiger partial charge in [-0.3, -0.25) is 4.98 Å². The molecule has 0 aliphatic rings. The zero-order valence-corrected chi connectivity index (χ0v) is 9.87. The molecule has 1 aromatic heterocycles. The van der Waals surface area contributed by atoms with Crippen LogP contribution in [0.1, 0.15) is 12.6 Å². The number of nitrogens with zero attached hydrogens (tertiary/aromatic N) is 3. The molecule has 88 valence electrons. The number of anilines is 2. The van der Waals surface area contributed by atoms with E-state index >= 15 is 0 Å². The average Bonchev–Trinajstić information content (AvgIpc) is 2.42. The van der Waals surface area contributed by atoms with Gasteiger partial charge < -0.3 is 10.6 Å². The van der Waals surface area contributed by atoms with Crippen molar-refractivity contribution >= 4 is 11.5 Å². The standard InChI is InChI=1S/C13H16N4/c1-2-17(12-6-4-3-5-7-12)13-10-15-11(8-14)9-16-13/h3-7,9-10H,2,8,14H2,1H3. The van der Waals surface area contributed by atoms with Crippen LogP contribution in [0.3, 0.4) is 0 Å². The Kier molecular flexibility index (Phi) is 3.67. The minimum Gasteiger partial charge on any atom is -0.325 e. The molecule has 0 radical (unpaired) electrons. The number of para-hydroxylation sites is 1. The number of aromatic nitrogens is 2. The first-order valence-electron chi connectivity index (χ1n) is 5.68. The van der Waals surface area contributed by atoms with Crippen molar-refractivity contribution in [3.05, 3.63) is 48.4 Å². The van der Waals surface area contributed by atoms with Crippen LogP contribution >= 0.6 is 0 Å². The summed E-state index contributed by atoms with van der Waals surface area (Å²) < 4.78 is 0. The van der Waals surface area contributed by atoms with Gasteiger partial charge in [-0.15, -0.1) is 0 Å². The van der Waals surface area contributed by atoms with Crippen molar-refractivity contribution in [2.75, 3.05) is 11.4 Å². The summed E-state index contributed by atoms with van der Waals surface area (Å²) in [6, 6.07) is 10.1. The van der Waals surface area contributed by atoms with E-state index in [4.69, 9.17) is 5.73 Å². The summed E-state index contributed by atoms with van der Waals surface area (Å²) >= 11 is 0. The largest absolute Gasteiger partial charge is 0.325 e. The van der Waals surface area contributed by atoms with Gasteiger partial charge in [-0.2, -0.15) is 0 Å². The number of nitrogens with two attached hydrogens (primary N) is 1. The maximum absolute atomic E-state index is 5.50. The van der Waals surface area contributed by atoms with E-state index in [0.717, 1.165) is 23.7 Å². The summed E-state index contributed by atoms with van der Waals surface area (Å²) in [5.74, 6) is 0.843. The Morgan fingerprint density at radius 1 is 1.12 bits per heavy atom. The highest BCUT2D eigenvalue weighted by atomic mass is 15.2. The smallest absolute Gasteiger partial charge is 0.151 e. The van der Waals surface area contributed by atoms with Gasteiger partial charge in [0.2, 0.25) is 0 Å². The summed E-state index contributed by atoms with van der Waals surface area (Å²) in [6.07, 6.45) is 3.49. The van der Waals surface area contributed by atoms with Crippen molar-refractivity contribution in [2.24, 2.45) is 5.73 Å². The Hall–Kier alpha value is -1.94. The monoisotopic (exact) mass is 228 g/mol. The van der Waals surface area contributed by atoms with Gasteiger partial charge in [0.25, 0.3) is 0 Å². The molecule has 1 aromatic carbocycles. The first-order chi connectivity index (χ1) is 8.35. The van der Waals surface area contributed by atoms with Gasteiger partial charge in [-0.25, -0.2) is 4.98 Å². The first-order valence-corrected chi connectivity index (χ1v) is 5.68. The van der Waals surface area contributed by atoms with E-state index in [2.05, 4.69) is 33.9 Å². The van der Waals surface area contributed by atoms with Crippen molar-refractivity contribution in [3.8, 4) is 0 Å². The third-order valence-corrected chi connectivity index (χ3v) is 2.56. The van der Waals surface area contributed by atoms with E-state index in [-0.39, 0.29) is 0 Å². The van der Waals surface area contributed by atoms with Crippen molar-refractivity contribution in [1.29, 1.82) is 0 Å². The van der Waals surface area contributed by atoms with Gasteiger partial charge in [0.15, 0.2) is 5.82 Å². The van der Waals surface area contributed by atoms with Gasteiger partial charge in [0.1, 0.15) is 0 Å². The topological polar surface area (TPSA) is 55.0 Å². The highest BCUT2D eigenvalue weighted by Crippen LogP contribution is 2.21. The molecule has 0 aliphatic carbocycles. The van der Waals surface area contributed by atoms with Crippen molar-refractivity contribution in [2.45, 2.75) is 13.5 Å². The minimum atomic E-state index is 0.421. The molecular weight excluding hydrogens is 212 g/mol. The third-order valence-electron chi connectivity index (χ3n) is 2.56. The lowest BCUT2D eigenvalue weighted by Gasteiger charge is -2.21. The van der Waals surface area contributed by atoms with Gasteiger partial charge >= 0.3 is 0 Å². The Balaban J connectivity index is 2.29. The summed E-state index contributed by atoms with van der Waals surface area (Å²) in [5, 5.41) is 0. The quantitative estimate of drug-likeness (QED) is 0.870. The van der Waals surface area contributed by atoms with E-state index in [1.165, 1.54) is 0 Å². The summed E-state index contributed by atoms with van der Waals surface area (Å²) in [5.41, 5.74) is 7.42. The molecule has 2 aromatic rings. The Morgan fingerprint density at radius 3 is 2.41 bits per heavy atom. The molecule has 0 spiro atoms. The maximum Gasteiger partial charge on any atom is 0.151 e. The molecule has 0 amide bonds. The van der Waals surface area contributed by atoms with Crippen LogP contribution in [-0.2, 0) is 6.54 Å². The molecule has 1 heterocycles. The molecule has 0 atom stereocenters. The Bertz CT molecular complexity index is 453. The zero-order chi connectivity index (χ0) is 12.1. The second-order valence-corrected chi connectivity index (χ2v) is 3.65. The molecule has 0 saturated heterocycles. The van der Waals surface area contributed by atoms with Crippen LogP contribution in [0.25, 0.3) is 0 Å². The second kappa shape index (κ2) is 5.41. The highest BCUT2D eigenvalue weighted by molar-refractivity contribution is 5.58. The molecular formula is C13H16N4. The number of hydrogen-bond donors (Lipinski definition) is 1. The van der Waals surface area contributed by atoms with E-state index in [1.54, 1.807) is 12.4 Å². The van der Waals surface area contributed by atoms with Crippen LogP contribution in [0, 0.1) is 0 Å². The summed E-state index contributed by atoms with van der Waals surface area (Å²) in [6.45, 7) is 3.36. The van der Waals surface area contributed by atoms with Gasteiger partial charge in [-0.1, -0.05) is 18.2 Å². The van der Waals surface area contributed by atoms with E-state index < -0.39 is 0 Å². The van der Waals surface area contributed by atoms with Crippen LogP contribution in [-0.4, -0.2) is 16.5 Å². The van der Waals surface area contributed by atoms with Crippen LogP contribution in [0.4, 0.5) is 11.5 Å². The normalized spacial score (nSPS) is 10.2. The minimum absolute atomic E-state index is 0.421. The number of rotatable bonds is 4. The number of hydrogen-bond acceptors (Lipinski definition) is 4. The van der Waals surface area contributed by atoms with Crippen LogP contribution in [0.2, 0.25) is 0 Å². The average molecular weight is 228 g/mol. The predicted octanol–water partition coefficient (Wildman–Crippen LogP) is 2.09. The summed E-state index contributed by atoms with van der Waals surface area (Å²) in [4.78, 5) is 10.7. The Labute approximate surface area is 101 Å². The van der Waals surface area contributed by atoms with E-state index in [9.17, 15) is 0 Å². The van der Waals surface area contributed by atoms with E-state index in [1.807, 2.05) is 18.2 Å². The zero-order valence-electron chi connectivity index (χ0n) is 9.87. The molecule has 0 bridgehead atoms. The lowest BCUT2D eigenvalue weighted by molar-refractivity contribution is 0.927. The maximum atomic E-state index is 5.50. The molecule has 0 aliphatic heterocycles. The lowest BCUT2D eigenvalue weighted by Crippen LogP contribution is -2.17. The summed E-state index contributed by atoms with van der Waals surface area (Å²) in [7, 11) is 0. The van der Waals surface area contributed by atoms with Crippen LogP contribution in [0.5, 0.6) is 0 Å². The molecule has 17 heavy (non-hydrogen) atoms.